The van der Waals surface area contributed by atoms with Crippen LogP contribution in [-0.2, 0) is 0 Å². The molecule has 0 unspecified atom stereocenters. The molecule has 0 atom stereocenters. The van der Waals surface area contributed by atoms with Crippen molar-refractivity contribution in [2.45, 2.75) is 0 Å². The van der Waals surface area contributed by atoms with Gasteiger partial charge in [0.2, 0.25) is 0 Å². The van der Waals surface area contributed by atoms with Gasteiger partial charge in [0.25, 0.3) is 0 Å². The first-order chi connectivity index (χ1) is 9.54. The first-order valence-electron chi connectivity index (χ1n) is 5.83. The van der Waals surface area contributed by atoms with Crippen molar-refractivity contribution in [2.75, 3.05) is 12.8 Å². The molecule has 0 radical (unpaired) electrons. The van der Waals surface area contributed by atoms with E-state index < -0.39 is 5.97 Å². The van der Waals surface area contributed by atoms with E-state index in [2.05, 4.69) is 0 Å². The molecule has 0 aliphatic heterocycles. The molecule has 0 aliphatic carbocycles. The third-order valence-corrected chi connectivity index (χ3v) is 2.86. The van der Waals surface area contributed by atoms with Gasteiger partial charge in [-0.25, -0.2) is 0 Å². The lowest BCUT2D eigenvalue weighted by Gasteiger charge is -2.13. The molecular weight excluding hydrogens is 294 g/mol. The maximum atomic E-state index is 12.4. The van der Waals surface area contributed by atoms with Gasteiger partial charge in [0.1, 0.15) is 5.75 Å². The van der Waals surface area contributed by atoms with Crippen molar-refractivity contribution in [1.29, 1.82) is 0 Å². The summed E-state index contributed by atoms with van der Waals surface area (Å²) in [6, 6.07) is 10.6. The Morgan fingerprint density at radius 1 is 1.05 bits per heavy atom. The Morgan fingerprint density at radius 2 is 1.62 bits per heavy atom. The molecule has 0 amide bonds. The molecule has 2 aromatic carbocycles. The number of carbonyl (C=O) groups excluding carboxylic acids is 2. The number of aromatic carboxylic acids is 1. The van der Waals surface area contributed by atoms with E-state index in [1.807, 2.05) is 0 Å². The average Bonchev–Trinajstić information content (AvgIpc) is 2.46. The summed E-state index contributed by atoms with van der Waals surface area (Å²) in [5.74, 6) is -1.74. The molecular formula is C15H13ClNO4-. The van der Waals surface area contributed by atoms with Crippen LogP contribution in [0.25, 0.3) is 0 Å². The zero-order valence-corrected chi connectivity index (χ0v) is 12.0. The summed E-state index contributed by atoms with van der Waals surface area (Å²) in [6.07, 6.45) is 0. The molecule has 0 aliphatic rings. The molecule has 110 valence electrons. The quantitative estimate of drug-likeness (QED) is 0.679. The Labute approximate surface area is 127 Å². The van der Waals surface area contributed by atoms with Crippen molar-refractivity contribution >= 4 is 29.8 Å². The normalized spacial score (nSPS) is 9.57. The van der Waals surface area contributed by atoms with Gasteiger partial charge in [-0.2, -0.15) is 0 Å². The average molecular weight is 307 g/mol. The number of methoxy groups -OCH3 is 1. The fourth-order valence-corrected chi connectivity index (χ4v) is 1.89. The van der Waals surface area contributed by atoms with Crippen LogP contribution in [0.15, 0.2) is 42.5 Å². The van der Waals surface area contributed by atoms with Gasteiger partial charge >= 0.3 is 0 Å². The minimum absolute atomic E-state index is 0. The lowest BCUT2D eigenvalue weighted by molar-refractivity contribution is -0.255. The van der Waals surface area contributed by atoms with E-state index in [-0.39, 0.29) is 35.1 Å². The number of hydrogen-bond donors (Lipinski definition) is 1. The molecule has 0 bridgehead atoms. The number of anilines is 1. The number of nitrogen functional groups attached to an aromatic ring is 1. The van der Waals surface area contributed by atoms with Crippen molar-refractivity contribution in [1.82, 2.24) is 0 Å². The number of halogens is 1. The van der Waals surface area contributed by atoms with E-state index in [9.17, 15) is 14.7 Å². The predicted molar refractivity (Wildman–Crippen MR) is 78.9 cm³/mol. The molecule has 2 rings (SSSR count). The Hall–Kier alpha value is -2.53. The van der Waals surface area contributed by atoms with Gasteiger partial charge in [-0.05, 0) is 36.4 Å². The van der Waals surface area contributed by atoms with Crippen molar-refractivity contribution in [3.63, 3.8) is 0 Å². The Balaban J connectivity index is 0.00000220. The fourth-order valence-electron chi connectivity index (χ4n) is 1.89. The monoisotopic (exact) mass is 306 g/mol. The number of hydrogen-bond acceptors (Lipinski definition) is 5. The molecule has 0 aromatic heterocycles. The van der Waals surface area contributed by atoms with Crippen LogP contribution in [0.1, 0.15) is 26.3 Å². The SMILES string of the molecule is COc1c(C(=O)[O-])cccc1C(=O)c1ccc(N)cc1.Cl. The highest BCUT2D eigenvalue weighted by atomic mass is 35.5. The molecule has 2 N–H and O–H groups in total. The number of benzene rings is 2. The van der Waals surface area contributed by atoms with Gasteiger partial charge in [0, 0.05) is 16.8 Å². The molecule has 0 fully saturated rings. The molecule has 0 saturated carbocycles. The smallest absolute Gasteiger partial charge is 0.196 e. The molecule has 21 heavy (non-hydrogen) atoms. The zero-order chi connectivity index (χ0) is 14.7. The maximum Gasteiger partial charge on any atom is 0.196 e. The minimum Gasteiger partial charge on any atom is -0.545 e. The number of para-hydroxylation sites is 1. The third-order valence-electron chi connectivity index (χ3n) is 2.86. The predicted octanol–water partition coefficient (Wildman–Crippen LogP) is 1.29. The Bertz CT molecular complexity index is 668. The largest absolute Gasteiger partial charge is 0.545 e. The second-order valence-corrected chi connectivity index (χ2v) is 4.12. The van der Waals surface area contributed by atoms with Gasteiger partial charge in [-0.1, -0.05) is 6.07 Å². The summed E-state index contributed by atoms with van der Waals surface area (Å²) in [4.78, 5) is 23.4. The van der Waals surface area contributed by atoms with Crippen LogP contribution < -0.4 is 15.6 Å². The van der Waals surface area contributed by atoms with Crippen LogP contribution in [-0.4, -0.2) is 18.9 Å². The standard InChI is InChI=1S/C15H13NO4.ClH/c1-20-14-11(3-2-4-12(14)15(18)19)13(17)9-5-7-10(16)8-6-9;/h2-8H,16H2,1H3,(H,18,19);1H/p-1. The second kappa shape index (κ2) is 6.76. The highest BCUT2D eigenvalue weighted by Crippen LogP contribution is 2.26. The first kappa shape index (κ1) is 16.5. The van der Waals surface area contributed by atoms with Crippen LogP contribution in [0.4, 0.5) is 5.69 Å². The van der Waals surface area contributed by atoms with Crippen molar-refractivity contribution < 1.29 is 19.4 Å². The number of carbonyl (C=O) groups is 2. The van der Waals surface area contributed by atoms with Crippen LogP contribution in [0.3, 0.4) is 0 Å². The highest BCUT2D eigenvalue weighted by Gasteiger charge is 2.17. The number of carboxylic acids is 1. The number of nitrogens with two attached hydrogens (primary N) is 1. The van der Waals surface area contributed by atoms with Crippen molar-refractivity contribution in [3.05, 3.63) is 59.2 Å². The van der Waals surface area contributed by atoms with Gasteiger partial charge in [0.05, 0.1) is 18.6 Å². The third kappa shape index (κ3) is 3.32. The van der Waals surface area contributed by atoms with E-state index in [0.717, 1.165) is 0 Å². The molecule has 5 nitrogen and oxygen atoms in total. The molecule has 0 heterocycles. The van der Waals surface area contributed by atoms with E-state index >= 15 is 0 Å². The van der Waals surface area contributed by atoms with Crippen LogP contribution in [0, 0.1) is 0 Å². The van der Waals surface area contributed by atoms with Crippen molar-refractivity contribution in [2.24, 2.45) is 0 Å². The topological polar surface area (TPSA) is 92.5 Å². The second-order valence-electron chi connectivity index (χ2n) is 4.12. The van der Waals surface area contributed by atoms with E-state index in [1.165, 1.54) is 25.3 Å². The molecule has 0 spiro atoms. The van der Waals surface area contributed by atoms with E-state index in [1.54, 1.807) is 24.3 Å². The van der Waals surface area contributed by atoms with E-state index in [4.69, 9.17) is 10.5 Å². The molecule has 2 aromatic rings. The first-order valence-corrected chi connectivity index (χ1v) is 5.83. The summed E-state index contributed by atoms with van der Waals surface area (Å²) >= 11 is 0. The maximum absolute atomic E-state index is 12.4. The molecule has 6 heteroatoms. The zero-order valence-electron chi connectivity index (χ0n) is 11.2. The van der Waals surface area contributed by atoms with Crippen LogP contribution in [0.2, 0.25) is 0 Å². The van der Waals surface area contributed by atoms with Crippen molar-refractivity contribution in [3.8, 4) is 5.75 Å². The summed E-state index contributed by atoms with van der Waals surface area (Å²) < 4.78 is 5.04. The highest BCUT2D eigenvalue weighted by molar-refractivity contribution is 6.12. The summed E-state index contributed by atoms with van der Waals surface area (Å²) in [5.41, 5.74) is 6.51. The molecule has 0 saturated heterocycles. The van der Waals surface area contributed by atoms with E-state index in [0.29, 0.717) is 11.3 Å². The van der Waals surface area contributed by atoms with Gasteiger partial charge < -0.3 is 20.4 Å². The lowest BCUT2D eigenvalue weighted by Crippen LogP contribution is -2.23. The van der Waals surface area contributed by atoms with Gasteiger partial charge in [-0.15, -0.1) is 12.4 Å². The minimum atomic E-state index is -1.39. The Kier molecular flexibility index (Phi) is 5.32. The van der Waals surface area contributed by atoms with Gasteiger partial charge in [-0.3, -0.25) is 4.79 Å². The van der Waals surface area contributed by atoms with Gasteiger partial charge in [0.15, 0.2) is 5.78 Å². The Morgan fingerprint density at radius 3 is 2.14 bits per heavy atom. The summed E-state index contributed by atoms with van der Waals surface area (Å²) in [7, 11) is 1.31. The van der Waals surface area contributed by atoms with Crippen LogP contribution in [0.5, 0.6) is 5.75 Å². The fraction of sp³-hybridized carbons (Fsp3) is 0.0667. The number of rotatable bonds is 4. The summed E-state index contributed by atoms with van der Waals surface area (Å²) in [5, 5.41) is 11.0. The number of ether oxygens (including phenoxy) is 1. The summed E-state index contributed by atoms with van der Waals surface area (Å²) in [6.45, 7) is 0. The number of ketones is 1. The van der Waals surface area contributed by atoms with Crippen LogP contribution >= 0.6 is 12.4 Å². The lowest BCUT2D eigenvalue weighted by atomic mass is 9.99. The number of carboxylic acid groups (broad SMARTS) is 1.